The first-order valence-corrected chi connectivity index (χ1v) is 10.8. The second-order valence-electron chi connectivity index (χ2n) is 7.90. The maximum atomic E-state index is 14.0. The van der Waals surface area contributed by atoms with Gasteiger partial charge in [0.25, 0.3) is 0 Å². The number of rotatable bonds is 7. The third kappa shape index (κ3) is 4.91. The molecule has 2 N–H and O–H groups in total. The van der Waals surface area contributed by atoms with E-state index in [1.807, 2.05) is 55.3 Å². The van der Waals surface area contributed by atoms with E-state index in [2.05, 4.69) is 10.3 Å². The number of aromatic nitrogens is 2. The fourth-order valence-corrected chi connectivity index (χ4v) is 3.81. The lowest BCUT2D eigenvalue weighted by Gasteiger charge is -2.19. The molecule has 4 rings (SSSR count). The van der Waals surface area contributed by atoms with Gasteiger partial charge in [-0.15, -0.1) is 0 Å². The van der Waals surface area contributed by atoms with Crippen LogP contribution < -0.4 is 15.0 Å². The number of carboxylic acid groups (broad SMARTS) is 1. The Morgan fingerprint density at radius 2 is 1.91 bits per heavy atom. The van der Waals surface area contributed by atoms with Gasteiger partial charge in [0.2, 0.25) is 0 Å². The number of nitrogens with zero attached hydrogens (tertiary/aromatic N) is 3. The van der Waals surface area contributed by atoms with Crippen LogP contribution in [0, 0.1) is 5.82 Å². The lowest BCUT2D eigenvalue weighted by Crippen LogP contribution is -2.17. The number of amides is 1. The van der Waals surface area contributed by atoms with Crippen molar-refractivity contribution in [1.29, 1.82) is 0 Å². The minimum absolute atomic E-state index is 0.0965. The second-order valence-corrected chi connectivity index (χ2v) is 7.90. The Kier molecular flexibility index (Phi) is 6.58. The summed E-state index contributed by atoms with van der Waals surface area (Å²) in [7, 11) is 3.62. The molecule has 174 valence electrons. The van der Waals surface area contributed by atoms with Crippen molar-refractivity contribution in [1.82, 2.24) is 9.97 Å². The van der Waals surface area contributed by atoms with E-state index in [0.29, 0.717) is 18.5 Å². The van der Waals surface area contributed by atoms with Gasteiger partial charge in [-0.05, 0) is 47.9 Å². The zero-order valence-electron chi connectivity index (χ0n) is 19.2. The highest BCUT2D eigenvalue weighted by atomic mass is 19.1. The molecule has 2 aromatic carbocycles. The molecule has 0 bridgehead atoms. The number of halogens is 1. The number of pyridine rings is 2. The molecule has 0 saturated heterocycles. The summed E-state index contributed by atoms with van der Waals surface area (Å²) in [6, 6.07) is 16.2. The molecule has 8 heteroatoms. The average molecular weight is 461 g/mol. The molecule has 0 unspecified atom stereocenters. The predicted octanol–water partition coefficient (Wildman–Crippen LogP) is 5.73. The second kappa shape index (κ2) is 9.74. The first-order valence-electron chi connectivity index (χ1n) is 10.8. The number of fused-ring (bicyclic) bond motifs is 1. The highest BCUT2D eigenvalue weighted by Crippen LogP contribution is 2.31. The van der Waals surface area contributed by atoms with Crippen molar-refractivity contribution >= 4 is 28.5 Å². The fraction of sp³-hybridized carbons (Fsp3) is 0.192. The normalized spacial score (nSPS) is 10.8. The molecule has 1 amide bonds. The van der Waals surface area contributed by atoms with Gasteiger partial charge in [0.1, 0.15) is 17.4 Å². The number of benzene rings is 2. The minimum atomic E-state index is -1.32. The zero-order valence-corrected chi connectivity index (χ0v) is 19.2. The smallest absolute Gasteiger partial charge is 0.409 e. The van der Waals surface area contributed by atoms with E-state index in [4.69, 9.17) is 14.8 Å². The first-order chi connectivity index (χ1) is 16.4. The van der Waals surface area contributed by atoms with Gasteiger partial charge in [0.15, 0.2) is 0 Å². The lowest BCUT2D eigenvalue weighted by molar-refractivity contribution is 0.209. The molecular formula is C26H25FN4O3. The van der Waals surface area contributed by atoms with Crippen molar-refractivity contribution in [3.63, 3.8) is 0 Å². The fourth-order valence-electron chi connectivity index (χ4n) is 3.81. The van der Waals surface area contributed by atoms with Crippen LogP contribution >= 0.6 is 0 Å². The summed E-state index contributed by atoms with van der Waals surface area (Å²) >= 11 is 0. The molecule has 0 fully saturated rings. The van der Waals surface area contributed by atoms with Crippen molar-refractivity contribution in [2.75, 3.05) is 24.4 Å². The molecular weight excluding hydrogens is 435 g/mol. The monoisotopic (exact) mass is 460 g/mol. The van der Waals surface area contributed by atoms with Crippen LogP contribution in [-0.2, 0) is 13.0 Å². The molecule has 0 saturated carbocycles. The van der Waals surface area contributed by atoms with Crippen molar-refractivity contribution in [2.45, 2.75) is 19.9 Å². The Balaban J connectivity index is 1.66. The average Bonchev–Trinajstić information content (AvgIpc) is 2.84. The van der Waals surface area contributed by atoms with E-state index in [-0.39, 0.29) is 5.69 Å². The topological polar surface area (TPSA) is 87.6 Å². The Morgan fingerprint density at radius 3 is 2.59 bits per heavy atom. The maximum Gasteiger partial charge on any atom is 0.409 e. The number of anilines is 2. The molecule has 0 aliphatic carbocycles. The molecule has 34 heavy (non-hydrogen) atoms. The largest absolute Gasteiger partial charge is 0.497 e. The Hall–Kier alpha value is -4.20. The number of carbonyl (C=O) groups is 1. The van der Waals surface area contributed by atoms with Gasteiger partial charge >= 0.3 is 6.09 Å². The van der Waals surface area contributed by atoms with E-state index in [1.54, 1.807) is 19.4 Å². The molecule has 7 nitrogen and oxygen atoms in total. The maximum absolute atomic E-state index is 14.0. The van der Waals surface area contributed by atoms with Crippen LogP contribution in [0.2, 0.25) is 0 Å². The number of aryl methyl sites for hydroxylation is 1. The van der Waals surface area contributed by atoms with Gasteiger partial charge in [0, 0.05) is 42.5 Å². The third-order valence-corrected chi connectivity index (χ3v) is 5.59. The first kappa shape index (κ1) is 23.0. The van der Waals surface area contributed by atoms with Crippen LogP contribution in [0.5, 0.6) is 5.75 Å². The quantitative estimate of drug-likeness (QED) is 0.366. The van der Waals surface area contributed by atoms with Crippen LogP contribution in [-0.4, -0.2) is 35.3 Å². The van der Waals surface area contributed by atoms with Crippen LogP contribution in [0.3, 0.4) is 0 Å². The molecule has 0 radical (unpaired) electrons. The van der Waals surface area contributed by atoms with Crippen molar-refractivity contribution < 1.29 is 19.0 Å². The van der Waals surface area contributed by atoms with E-state index in [9.17, 15) is 9.18 Å². The van der Waals surface area contributed by atoms with Crippen LogP contribution in [0.4, 0.5) is 20.7 Å². The highest BCUT2D eigenvalue weighted by Gasteiger charge is 2.14. The van der Waals surface area contributed by atoms with Gasteiger partial charge < -0.3 is 14.7 Å². The third-order valence-electron chi connectivity index (χ3n) is 5.59. The molecule has 2 aromatic heterocycles. The standard InChI is InChI=1S/C26H25FN4O3/c1-4-22-20(17-7-10-21(27)24(12-17)30-26(32)33)11-18-14-28-25(13-23(18)29-22)31(2)15-16-5-8-19(34-3)9-6-16/h5-14,30H,4,15H2,1-3H3,(H,32,33). The number of ether oxygens (including phenoxy) is 1. The summed E-state index contributed by atoms with van der Waals surface area (Å²) in [5.74, 6) is 0.971. The van der Waals surface area contributed by atoms with E-state index < -0.39 is 11.9 Å². The summed E-state index contributed by atoms with van der Waals surface area (Å²) in [6.07, 6.45) is 1.10. The molecule has 2 heterocycles. The van der Waals surface area contributed by atoms with E-state index >= 15 is 0 Å². The van der Waals surface area contributed by atoms with Gasteiger partial charge in [-0.3, -0.25) is 10.3 Å². The van der Waals surface area contributed by atoms with Gasteiger partial charge in [-0.2, -0.15) is 0 Å². The van der Waals surface area contributed by atoms with E-state index in [0.717, 1.165) is 39.3 Å². The zero-order chi connectivity index (χ0) is 24.2. The van der Waals surface area contributed by atoms with Crippen LogP contribution in [0.25, 0.3) is 22.0 Å². The van der Waals surface area contributed by atoms with Crippen LogP contribution in [0.1, 0.15) is 18.2 Å². The molecule has 0 atom stereocenters. The summed E-state index contributed by atoms with van der Waals surface area (Å²) in [4.78, 5) is 22.5. The molecule has 0 spiro atoms. The van der Waals surface area contributed by atoms with Gasteiger partial charge in [-0.25, -0.2) is 14.2 Å². The number of hydrogen-bond acceptors (Lipinski definition) is 5. The molecule has 0 aliphatic rings. The number of hydrogen-bond donors (Lipinski definition) is 2. The van der Waals surface area contributed by atoms with Crippen molar-refractivity contribution in [3.05, 3.63) is 77.9 Å². The number of methoxy groups -OCH3 is 1. The van der Waals surface area contributed by atoms with E-state index in [1.165, 1.54) is 12.1 Å². The SMILES string of the molecule is CCc1nc2cc(N(C)Cc3ccc(OC)cc3)ncc2cc1-c1ccc(F)c(NC(=O)O)c1. The van der Waals surface area contributed by atoms with Crippen molar-refractivity contribution in [3.8, 4) is 16.9 Å². The van der Waals surface area contributed by atoms with Crippen LogP contribution in [0.15, 0.2) is 60.8 Å². The summed E-state index contributed by atoms with van der Waals surface area (Å²) in [5.41, 5.74) is 4.15. The molecule has 0 aliphatic heterocycles. The minimum Gasteiger partial charge on any atom is -0.497 e. The lowest BCUT2D eigenvalue weighted by atomic mass is 10.00. The molecule has 4 aromatic rings. The Bertz CT molecular complexity index is 1340. The summed E-state index contributed by atoms with van der Waals surface area (Å²) in [5, 5.41) is 11.9. The van der Waals surface area contributed by atoms with Crippen molar-refractivity contribution in [2.24, 2.45) is 0 Å². The van der Waals surface area contributed by atoms with Gasteiger partial charge in [0.05, 0.1) is 18.3 Å². The highest BCUT2D eigenvalue weighted by molar-refractivity contribution is 5.88. The predicted molar refractivity (Wildman–Crippen MR) is 131 cm³/mol. The number of nitrogens with one attached hydrogen (secondary N) is 1. The summed E-state index contributed by atoms with van der Waals surface area (Å²) < 4.78 is 19.3. The Labute approximate surface area is 196 Å². The van der Waals surface area contributed by atoms with Gasteiger partial charge in [-0.1, -0.05) is 25.1 Å². The Morgan fingerprint density at radius 1 is 1.15 bits per heavy atom. The summed E-state index contributed by atoms with van der Waals surface area (Å²) in [6.45, 7) is 2.67.